The smallest absolute Gasteiger partial charge is 0.0797 e. The summed E-state index contributed by atoms with van der Waals surface area (Å²) in [6.45, 7) is 2.14. The molecule has 1 N–H and O–H groups in total. The Bertz CT molecular complexity index is 498. The fourth-order valence-corrected chi connectivity index (χ4v) is 1.98. The van der Waals surface area contributed by atoms with Crippen molar-refractivity contribution in [3.8, 4) is 0 Å². The Morgan fingerprint density at radius 2 is 1.93 bits per heavy atom. The molecule has 1 nitrogen and oxygen atoms in total. The largest absolute Gasteiger partial charge is 0.516 e. The predicted molar refractivity (Wildman–Crippen MR) is 65.0 cm³/mol. The third-order valence-corrected chi connectivity index (χ3v) is 2.68. The van der Waals surface area contributed by atoms with E-state index in [9.17, 15) is 0 Å². The Morgan fingerprint density at radius 1 is 1.13 bits per heavy atom. The van der Waals surface area contributed by atoms with E-state index >= 15 is 0 Å². The van der Waals surface area contributed by atoms with Gasteiger partial charge in [-0.05, 0) is 34.4 Å². The van der Waals surface area contributed by atoms with Gasteiger partial charge in [-0.3, -0.25) is 0 Å². The van der Waals surface area contributed by atoms with Gasteiger partial charge >= 0.3 is 0 Å². The van der Waals surface area contributed by atoms with Crippen molar-refractivity contribution in [1.82, 2.24) is 0 Å². The van der Waals surface area contributed by atoms with E-state index in [1.807, 2.05) is 18.2 Å². The molecule has 0 radical (unpaired) electrons. The Morgan fingerprint density at radius 3 is 2.67 bits per heavy atom. The van der Waals surface area contributed by atoms with E-state index < -0.39 is 0 Å². The number of aryl methyl sites for hydroxylation is 1. The highest BCUT2D eigenvalue weighted by atomic mass is 16.2. The number of benzene rings is 2. The quantitative estimate of drug-likeness (QED) is 0.725. The molecule has 0 amide bonds. The van der Waals surface area contributed by atoms with Crippen molar-refractivity contribution in [3.05, 3.63) is 53.8 Å². The number of hydrogen-bond acceptors (Lipinski definition) is 1. The van der Waals surface area contributed by atoms with Crippen LogP contribution in [-0.4, -0.2) is 5.11 Å². The third-order valence-electron chi connectivity index (χ3n) is 2.68. The first-order chi connectivity index (χ1) is 7.36. The number of aliphatic hydroxyl groups is 1. The molecule has 0 spiro atoms. The topological polar surface area (TPSA) is 20.2 Å². The van der Waals surface area contributed by atoms with Crippen LogP contribution in [0.15, 0.2) is 42.7 Å². The van der Waals surface area contributed by atoms with Crippen LogP contribution in [0.2, 0.25) is 0 Å². The van der Waals surface area contributed by atoms with Gasteiger partial charge in [-0.25, -0.2) is 0 Å². The van der Waals surface area contributed by atoms with Gasteiger partial charge in [0.25, 0.3) is 0 Å². The minimum Gasteiger partial charge on any atom is -0.516 e. The van der Waals surface area contributed by atoms with E-state index in [0.717, 1.165) is 18.2 Å². The summed E-state index contributed by atoms with van der Waals surface area (Å²) < 4.78 is 0. The summed E-state index contributed by atoms with van der Waals surface area (Å²) in [5.74, 6) is 0. The Labute approximate surface area is 89.7 Å². The lowest BCUT2D eigenvalue weighted by Crippen LogP contribution is -1.88. The maximum Gasteiger partial charge on any atom is 0.0797 e. The van der Waals surface area contributed by atoms with Crippen LogP contribution in [-0.2, 0) is 6.42 Å². The van der Waals surface area contributed by atoms with Gasteiger partial charge in [-0.1, -0.05) is 43.3 Å². The summed E-state index contributed by atoms with van der Waals surface area (Å²) in [4.78, 5) is 0. The zero-order chi connectivity index (χ0) is 10.7. The van der Waals surface area contributed by atoms with Gasteiger partial charge in [-0.15, -0.1) is 0 Å². The Hall–Kier alpha value is -1.76. The lowest BCUT2D eigenvalue weighted by atomic mass is 9.97. The van der Waals surface area contributed by atoms with E-state index in [2.05, 4.69) is 25.1 Å². The van der Waals surface area contributed by atoms with Crippen molar-refractivity contribution in [2.45, 2.75) is 13.3 Å². The summed E-state index contributed by atoms with van der Waals surface area (Å²) in [6, 6.07) is 12.5. The second-order valence-corrected chi connectivity index (χ2v) is 3.52. The molecular formula is C14H14O. The van der Waals surface area contributed by atoms with E-state index in [-0.39, 0.29) is 0 Å². The highest BCUT2D eigenvalue weighted by Gasteiger charge is 2.02. The number of rotatable bonds is 2. The summed E-state index contributed by atoms with van der Waals surface area (Å²) >= 11 is 0. The van der Waals surface area contributed by atoms with Gasteiger partial charge < -0.3 is 5.11 Å². The second-order valence-electron chi connectivity index (χ2n) is 3.52. The van der Waals surface area contributed by atoms with Gasteiger partial charge in [0.2, 0.25) is 0 Å². The average Bonchev–Trinajstić information content (AvgIpc) is 2.29. The van der Waals surface area contributed by atoms with Gasteiger partial charge in [0.05, 0.1) is 6.26 Å². The minimum atomic E-state index is 0.973. The van der Waals surface area contributed by atoms with E-state index in [0.29, 0.717) is 0 Å². The molecule has 0 saturated carbocycles. The molecule has 0 aliphatic heterocycles. The SMILES string of the molecule is CCc1c(C=CO)ccc2ccccc12. The molecule has 0 aliphatic carbocycles. The Balaban J connectivity index is 2.75. The van der Waals surface area contributed by atoms with Gasteiger partial charge in [0.1, 0.15) is 0 Å². The summed E-state index contributed by atoms with van der Waals surface area (Å²) in [5.41, 5.74) is 2.39. The first-order valence-corrected chi connectivity index (χ1v) is 5.18. The van der Waals surface area contributed by atoms with Crippen molar-refractivity contribution in [1.29, 1.82) is 0 Å². The second kappa shape index (κ2) is 4.18. The zero-order valence-electron chi connectivity index (χ0n) is 8.77. The van der Waals surface area contributed by atoms with Crippen molar-refractivity contribution in [2.75, 3.05) is 0 Å². The van der Waals surface area contributed by atoms with Gasteiger partial charge in [0.15, 0.2) is 0 Å². The van der Waals surface area contributed by atoms with Crippen LogP contribution < -0.4 is 0 Å². The normalized spacial score (nSPS) is 11.3. The third kappa shape index (κ3) is 1.73. The van der Waals surface area contributed by atoms with Gasteiger partial charge in [-0.2, -0.15) is 0 Å². The fourth-order valence-electron chi connectivity index (χ4n) is 1.98. The van der Waals surface area contributed by atoms with Gasteiger partial charge in [0, 0.05) is 0 Å². The molecule has 2 aromatic rings. The molecule has 0 aromatic heterocycles. The first kappa shape index (κ1) is 9.78. The minimum absolute atomic E-state index is 0.973. The van der Waals surface area contributed by atoms with Crippen LogP contribution in [0.3, 0.4) is 0 Å². The standard InChI is InChI=1S/C14H14O/c1-2-13-12(9-10-15)8-7-11-5-3-4-6-14(11)13/h3-10,15H,2H2,1H3. The predicted octanol–water partition coefficient (Wildman–Crippen LogP) is 3.93. The van der Waals surface area contributed by atoms with Crippen LogP contribution in [0.1, 0.15) is 18.1 Å². The molecule has 0 bridgehead atoms. The number of fused-ring (bicyclic) bond motifs is 1. The van der Waals surface area contributed by atoms with E-state index in [1.54, 1.807) is 6.08 Å². The molecule has 2 aromatic carbocycles. The molecule has 0 unspecified atom stereocenters. The molecule has 0 aliphatic rings. The summed E-state index contributed by atoms with van der Waals surface area (Å²) in [5, 5.41) is 11.4. The molecule has 0 atom stereocenters. The molecule has 15 heavy (non-hydrogen) atoms. The van der Waals surface area contributed by atoms with E-state index in [1.165, 1.54) is 16.3 Å². The summed E-state index contributed by atoms with van der Waals surface area (Å²) in [7, 11) is 0. The zero-order valence-corrected chi connectivity index (χ0v) is 8.77. The number of aliphatic hydroxyl groups excluding tert-OH is 1. The fraction of sp³-hybridized carbons (Fsp3) is 0.143. The number of hydrogen-bond donors (Lipinski definition) is 1. The van der Waals surface area contributed by atoms with Crippen molar-refractivity contribution in [3.63, 3.8) is 0 Å². The maximum atomic E-state index is 8.83. The lowest BCUT2D eigenvalue weighted by molar-refractivity contribution is 0.478. The molecule has 1 heteroatoms. The van der Waals surface area contributed by atoms with Crippen LogP contribution in [0.25, 0.3) is 16.8 Å². The highest BCUT2D eigenvalue weighted by Crippen LogP contribution is 2.23. The highest BCUT2D eigenvalue weighted by molar-refractivity contribution is 5.88. The molecule has 0 fully saturated rings. The molecule has 76 valence electrons. The average molecular weight is 198 g/mol. The van der Waals surface area contributed by atoms with Crippen molar-refractivity contribution in [2.24, 2.45) is 0 Å². The molecule has 2 rings (SSSR count). The summed E-state index contributed by atoms with van der Waals surface area (Å²) in [6.07, 6.45) is 3.82. The van der Waals surface area contributed by atoms with Crippen molar-refractivity contribution < 1.29 is 5.11 Å². The molecular weight excluding hydrogens is 184 g/mol. The molecule has 0 saturated heterocycles. The maximum absolute atomic E-state index is 8.83. The first-order valence-electron chi connectivity index (χ1n) is 5.18. The monoisotopic (exact) mass is 198 g/mol. The van der Waals surface area contributed by atoms with Crippen LogP contribution in [0.4, 0.5) is 0 Å². The Kier molecular flexibility index (Phi) is 2.72. The van der Waals surface area contributed by atoms with Crippen LogP contribution in [0, 0.1) is 0 Å². The van der Waals surface area contributed by atoms with E-state index in [4.69, 9.17) is 5.11 Å². The lowest BCUT2D eigenvalue weighted by Gasteiger charge is -2.08. The van der Waals surface area contributed by atoms with Crippen molar-refractivity contribution >= 4 is 16.8 Å². The van der Waals surface area contributed by atoms with Crippen LogP contribution in [0.5, 0.6) is 0 Å². The molecule has 0 heterocycles. The van der Waals surface area contributed by atoms with Crippen LogP contribution >= 0.6 is 0 Å².